The average Bonchev–Trinajstić information content (AvgIpc) is 2.72. The van der Waals surface area contributed by atoms with Crippen molar-refractivity contribution in [1.29, 1.82) is 0 Å². The SMILES string of the molecule is COc1ccc(C=Nc2ccc(N3CCOCC3)cc2)c(OC)c1OC. The van der Waals surface area contributed by atoms with Gasteiger partial charge < -0.3 is 23.8 Å². The molecule has 1 saturated heterocycles. The lowest BCUT2D eigenvalue weighted by molar-refractivity contribution is 0.122. The van der Waals surface area contributed by atoms with Crippen LogP contribution in [-0.2, 0) is 4.74 Å². The highest BCUT2D eigenvalue weighted by Gasteiger charge is 2.14. The lowest BCUT2D eigenvalue weighted by Crippen LogP contribution is -2.36. The van der Waals surface area contributed by atoms with Gasteiger partial charge in [-0.3, -0.25) is 4.99 Å². The Bertz CT molecular complexity index is 753. The number of anilines is 1. The van der Waals surface area contributed by atoms with Gasteiger partial charge in [0.15, 0.2) is 11.5 Å². The highest BCUT2D eigenvalue weighted by molar-refractivity contribution is 5.87. The van der Waals surface area contributed by atoms with Crippen molar-refractivity contribution in [3.05, 3.63) is 42.0 Å². The van der Waals surface area contributed by atoms with Gasteiger partial charge in [0.2, 0.25) is 5.75 Å². The summed E-state index contributed by atoms with van der Waals surface area (Å²) in [7, 11) is 4.79. The van der Waals surface area contributed by atoms with Gasteiger partial charge in [0, 0.05) is 30.6 Å². The first-order valence-corrected chi connectivity index (χ1v) is 8.52. The Balaban J connectivity index is 1.79. The number of hydrogen-bond donors (Lipinski definition) is 0. The Hall–Kier alpha value is -2.73. The van der Waals surface area contributed by atoms with E-state index in [0.29, 0.717) is 17.2 Å². The fourth-order valence-corrected chi connectivity index (χ4v) is 2.94. The Morgan fingerprint density at radius 1 is 0.885 bits per heavy atom. The van der Waals surface area contributed by atoms with Crippen LogP contribution in [0.5, 0.6) is 17.2 Å². The molecule has 6 heteroatoms. The molecule has 0 bridgehead atoms. The summed E-state index contributed by atoms with van der Waals surface area (Å²) in [6, 6.07) is 11.9. The maximum atomic E-state index is 5.48. The molecule has 0 saturated carbocycles. The van der Waals surface area contributed by atoms with Crippen molar-refractivity contribution >= 4 is 17.6 Å². The molecule has 1 fully saturated rings. The van der Waals surface area contributed by atoms with E-state index in [1.54, 1.807) is 27.5 Å². The van der Waals surface area contributed by atoms with E-state index in [-0.39, 0.29) is 0 Å². The molecule has 0 atom stereocenters. The maximum absolute atomic E-state index is 5.48. The second-order valence-electron chi connectivity index (χ2n) is 5.80. The van der Waals surface area contributed by atoms with Crippen LogP contribution < -0.4 is 19.1 Å². The summed E-state index contributed by atoms with van der Waals surface area (Å²) in [4.78, 5) is 6.87. The van der Waals surface area contributed by atoms with Gasteiger partial charge in [-0.25, -0.2) is 0 Å². The molecule has 26 heavy (non-hydrogen) atoms. The standard InChI is InChI=1S/C20H24N2O4/c1-23-18-9-4-15(19(24-2)20(18)25-3)14-21-16-5-7-17(8-6-16)22-10-12-26-13-11-22/h4-9,14H,10-13H2,1-3H3. The van der Waals surface area contributed by atoms with Gasteiger partial charge in [-0.2, -0.15) is 0 Å². The lowest BCUT2D eigenvalue weighted by Gasteiger charge is -2.28. The molecule has 138 valence electrons. The van der Waals surface area contributed by atoms with Crippen LogP contribution in [0.3, 0.4) is 0 Å². The third-order valence-corrected chi connectivity index (χ3v) is 4.31. The minimum Gasteiger partial charge on any atom is -0.493 e. The smallest absolute Gasteiger partial charge is 0.203 e. The first kappa shape index (κ1) is 18.1. The molecule has 3 rings (SSSR count). The van der Waals surface area contributed by atoms with E-state index in [9.17, 15) is 0 Å². The van der Waals surface area contributed by atoms with Gasteiger partial charge in [0.25, 0.3) is 0 Å². The number of methoxy groups -OCH3 is 3. The van der Waals surface area contributed by atoms with E-state index in [1.165, 1.54) is 5.69 Å². The van der Waals surface area contributed by atoms with Gasteiger partial charge in [0.05, 0.1) is 40.2 Å². The van der Waals surface area contributed by atoms with Gasteiger partial charge in [-0.1, -0.05) is 0 Å². The van der Waals surface area contributed by atoms with E-state index in [1.807, 2.05) is 24.3 Å². The summed E-state index contributed by atoms with van der Waals surface area (Å²) in [6.45, 7) is 3.40. The first-order valence-electron chi connectivity index (χ1n) is 8.52. The topological polar surface area (TPSA) is 52.5 Å². The first-order chi connectivity index (χ1) is 12.8. The molecule has 0 radical (unpaired) electrons. The zero-order valence-electron chi connectivity index (χ0n) is 15.4. The summed E-state index contributed by atoms with van der Waals surface area (Å²) < 4.78 is 21.6. The second-order valence-corrected chi connectivity index (χ2v) is 5.80. The number of aliphatic imine (C=N–C) groups is 1. The van der Waals surface area contributed by atoms with Crippen molar-refractivity contribution in [3.63, 3.8) is 0 Å². The molecule has 1 aliphatic rings. The molecule has 0 aromatic heterocycles. The Labute approximate surface area is 154 Å². The van der Waals surface area contributed by atoms with E-state index in [4.69, 9.17) is 18.9 Å². The molecule has 6 nitrogen and oxygen atoms in total. The lowest BCUT2D eigenvalue weighted by atomic mass is 10.2. The van der Waals surface area contributed by atoms with E-state index in [0.717, 1.165) is 37.6 Å². The number of nitrogens with zero attached hydrogens (tertiary/aromatic N) is 2. The van der Waals surface area contributed by atoms with E-state index >= 15 is 0 Å². The van der Waals surface area contributed by atoms with Crippen molar-refractivity contribution in [2.75, 3.05) is 52.5 Å². The fourth-order valence-electron chi connectivity index (χ4n) is 2.94. The van der Waals surface area contributed by atoms with Crippen LogP contribution in [0.2, 0.25) is 0 Å². The minimum atomic E-state index is 0.557. The molecule has 0 unspecified atom stereocenters. The molecular formula is C20H24N2O4. The summed E-state index contributed by atoms with van der Waals surface area (Å²) in [5.41, 5.74) is 2.89. The van der Waals surface area contributed by atoms with Gasteiger partial charge in [-0.05, 0) is 36.4 Å². The van der Waals surface area contributed by atoms with Gasteiger partial charge in [0.1, 0.15) is 0 Å². The monoisotopic (exact) mass is 356 g/mol. The summed E-state index contributed by atoms with van der Waals surface area (Å²) in [5, 5.41) is 0. The number of ether oxygens (including phenoxy) is 4. The molecule has 0 spiro atoms. The Kier molecular flexibility index (Phi) is 5.96. The van der Waals surface area contributed by atoms with E-state index in [2.05, 4.69) is 22.0 Å². The zero-order chi connectivity index (χ0) is 18.4. The van der Waals surface area contributed by atoms with Gasteiger partial charge in [-0.15, -0.1) is 0 Å². The van der Waals surface area contributed by atoms with Crippen molar-refractivity contribution in [3.8, 4) is 17.2 Å². The van der Waals surface area contributed by atoms with Crippen LogP contribution in [-0.4, -0.2) is 53.8 Å². The minimum absolute atomic E-state index is 0.557. The highest BCUT2D eigenvalue weighted by Crippen LogP contribution is 2.39. The largest absolute Gasteiger partial charge is 0.493 e. The molecule has 2 aromatic carbocycles. The quantitative estimate of drug-likeness (QED) is 0.744. The predicted molar refractivity (Wildman–Crippen MR) is 103 cm³/mol. The van der Waals surface area contributed by atoms with Crippen LogP contribution in [0.4, 0.5) is 11.4 Å². The van der Waals surface area contributed by atoms with Crippen LogP contribution in [0.25, 0.3) is 0 Å². The molecule has 0 N–H and O–H groups in total. The molecule has 0 aliphatic carbocycles. The molecule has 0 amide bonds. The third-order valence-electron chi connectivity index (χ3n) is 4.31. The summed E-state index contributed by atoms with van der Waals surface area (Å²) in [6.07, 6.45) is 1.77. The number of morpholine rings is 1. The van der Waals surface area contributed by atoms with Gasteiger partial charge >= 0.3 is 0 Å². The van der Waals surface area contributed by atoms with Crippen molar-refractivity contribution in [1.82, 2.24) is 0 Å². The number of hydrogen-bond acceptors (Lipinski definition) is 6. The molecule has 1 heterocycles. The average molecular weight is 356 g/mol. The zero-order valence-corrected chi connectivity index (χ0v) is 15.4. The Morgan fingerprint density at radius 3 is 2.19 bits per heavy atom. The summed E-state index contributed by atoms with van der Waals surface area (Å²) >= 11 is 0. The van der Waals surface area contributed by atoms with E-state index < -0.39 is 0 Å². The maximum Gasteiger partial charge on any atom is 0.203 e. The molecule has 1 aliphatic heterocycles. The van der Waals surface area contributed by atoms with Crippen LogP contribution >= 0.6 is 0 Å². The molecule has 2 aromatic rings. The summed E-state index contributed by atoms with van der Waals surface area (Å²) in [5.74, 6) is 1.78. The molecular weight excluding hydrogens is 332 g/mol. The highest BCUT2D eigenvalue weighted by atomic mass is 16.5. The van der Waals surface area contributed by atoms with Crippen molar-refractivity contribution in [2.24, 2.45) is 4.99 Å². The number of rotatable bonds is 6. The Morgan fingerprint density at radius 2 is 1.58 bits per heavy atom. The number of benzene rings is 2. The second kappa shape index (κ2) is 8.58. The normalized spacial score (nSPS) is 14.5. The van der Waals surface area contributed by atoms with Crippen molar-refractivity contribution < 1.29 is 18.9 Å². The van der Waals surface area contributed by atoms with Crippen LogP contribution in [0.1, 0.15) is 5.56 Å². The predicted octanol–water partition coefficient (Wildman–Crippen LogP) is 3.30. The third kappa shape index (κ3) is 3.91. The van der Waals surface area contributed by atoms with Crippen LogP contribution in [0.15, 0.2) is 41.4 Å². The van der Waals surface area contributed by atoms with Crippen LogP contribution in [0, 0.1) is 0 Å². The van der Waals surface area contributed by atoms with Crippen molar-refractivity contribution in [2.45, 2.75) is 0 Å². The fraction of sp³-hybridized carbons (Fsp3) is 0.350.